The van der Waals surface area contributed by atoms with Crippen LogP contribution in [0, 0.1) is 13.8 Å². The van der Waals surface area contributed by atoms with Crippen molar-refractivity contribution in [3.63, 3.8) is 0 Å². The van der Waals surface area contributed by atoms with E-state index in [1.165, 1.54) is 0 Å². The van der Waals surface area contributed by atoms with E-state index < -0.39 is 0 Å². The maximum atomic E-state index is 6.16. The molecule has 1 aromatic carbocycles. The molecule has 3 nitrogen and oxygen atoms in total. The SMILES string of the molecule is Cc1nccc(C(N)c2ccc(C)c(Cl)c2)n1. The summed E-state index contributed by atoms with van der Waals surface area (Å²) in [5, 5.41) is 0.726. The molecule has 0 spiro atoms. The fraction of sp³-hybridized carbons (Fsp3) is 0.231. The molecule has 1 unspecified atom stereocenters. The first kappa shape index (κ1) is 12.0. The summed E-state index contributed by atoms with van der Waals surface area (Å²) in [6.45, 7) is 3.81. The van der Waals surface area contributed by atoms with Gasteiger partial charge in [-0.05, 0) is 37.1 Å². The molecule has 1 atom stereocenters. The highest BCUT2D eigenvalue weighted by atomic mass is 35.5. The molecule has 0 saturated heterocycles. The van der Waals surface area contributed by atoms with E-state index in [0.29, 0.717) is 0 Å². The van der Waals surface area contributed by atoms with Crippen molar-refractivity contribution >= 4 is 11.6 Å². The van der Waals surface area contributed by atoms with Gasteiger partial charge in [0.1, 0.15) is 5.82 Å². The van der Waals surface area contributed by atoms with Gasteiger partial charge in [-0.1, -0.05) is 23.7 Å². The van der Waals surface area contributed by atoms with Crippen LogP contribution in [-0.4, -0.2) is 9.97 Å². The van der Waals surface area contributed by atoms with E-state index in [0.717, 1.165) is 27.7 Å². The van der Waals surface area contributed by atoms with Gasteiger partial charge in [0.05, 0.1) is 11.7 Å². The quantitative estimate of drug-likeness (QED) is 0.888. The van der Waals surface area contributed by atoms with E-state index in [2.05, 4.69) is 9.97 Å². The van der Waals surface area contributed by atoms with E-state index in [1.54, 1.807) is 6.20 Å². The highest BCUT2D eigenvalue weighted by molar-refractivity contribution is 6.31. The third-order valence-electron chi connectivity index (χ3n) is 2.67. The molecule has 88 valence electrons. The summed E-state index contributed by atoms with van der Waals surface area (Å²) in [6, 6.07) is 7.38. The Labute approximate surface area is 106 Å². The van der Waals surface area contributed by atoms with E-state index in [9.17, 15) is 0 Å². The number of hydrogen-bond acceptors (Lipinski definition) is 3. The monoisotopic (exact) mass is 247 g/mol. The molecule has 0 bridgehead atoms. The molecule has 2 rings (SSSR count). The molecule has 0 amide bonds. The number of aryl methyl sites for hydroxylation is 2. The predicted molar refractivity (Wildman–Crippen MR) is 69.0 cm³/mol. The van der Waals surface area contributed by atoms with Gasteiger partial charge in [0, 0.05) is 11.2 Å². The van der Waals surface area contributed by atoms with Gasteiger partial charge in [0.15, 0.2) is 0 Å². The molecule has 0 radical (unpaired) electrons. The van der Waals surface area contributed by atoms with Gasteiger partial charge >= 0.3 is 0 Å². The molecule has 4 heteroatoms. The lowest BCUT2D eigenvalue weighted by atomic mass is 10.0. The number of benzene rings is 1. The first-order valence-corrected chi connectivity index (χ1v) is 5.77. The first-order valence-electron chi connectivity index (χ1n) is 5.39. The average Bonchev–Trinajstić information content (AvgIpc) is 2.32. The molecule has 0 aliphatic heterocycles. The van der Waals surface area contributed by atoms with Crippen LogP contribution in [0.2, 0.25) is 5.02 Å². The molecule has 2 N–H and O–H groups in total. The average molecular weight is 248 g/mol. The van der Waals surface area contributed by atoms with Crippen molar-refractivity contribution in [3.05, 3.63) is 58.1 Å². The van der Waals surface area contributed by atoms with Crippen LogP contribution in [0.15, 0.2) is 30.5 Å². The Morgan fingerprint density at radius 1 is 1.24 bits per heavy atom. The van der Waals surface area contributed by atoms with Crippen molar-refractivity contribution in [1.82, 2.24) is 9.97 Å². The largest absolute Gasteiger partial charge is 0.319 e. The third kappa shape index (κ3) is 2.62. The summed E-state index contributed by atoms with van der Waals surface area (Å²) in [4.78, 5) is 8.38. The summed E-state index contributed by atoms with van der Waals surface area (Å²) in [7, 11) is 0. The van der Waals surface area contributed by atoms with Crippen LogP contribution in [0.4, 0.5) is 0 Å². The fourth-order valence-electron chi connectivity index (χ4n) is 1.62. The first-order chi connectivity index (χ1) is 8.08. The Hall–Kier alpha value is -1.45. The van der Waals surface area contributed by atoms with Crippen LogP contribution in [0.1, 0.15) is 28.7 Å². The van der Waals surface area contributed by atoms with Crippen molar-refractivity contribution in [2.24, 2.45) is 5.73 Å². The molecule has 2 aromatic rings. The van der Waals surface area contributed by atoms with Crippen LogP contribution in [0.25, 0.3) is 0 Å². The number of nitrogens with zero attached hydrogens (tertiary/aromatic N) is 2. The lowest BCUT2D eigenvalue weighted by molar-refractivity contribution is 0.807. The molecule has 0 aliphatic carbocycles. The minimum atomic E-state index is -0.269. The molecule has 1 heterocycles. The van der Waals surface area contributed by atoms with Crippen LogP contribution >= 0.6 is 11.6 Å². The Bertz CT molecular complexity index is 540. The van der Waals surface area contributed by atoms with Gasteiger partial charge in [0.25, 0.3) is 0 Å². The summed E-state index contributed by atoms with van der Waals surface area (Å²) in [5.41, 5.74) is 8.96. The zero-order valence-corrected chi connectivity index (χ0v) is 10.6. The molecule has 17 heavy (non-hydrogen) atoms. The van der Waals surface area contributed by atoms with Crippen molar-refractivity contribution in [2.45, 2.75) is 19.9 Å². The molecule has 0 aliphatic rings. The van der Waals surface area contributed by atoms with Gasteiger partial charge in [-0.15, -0.1) is 0 Å². The summed E-state index contributed by atoms with van der Waals surface area (Å²) in [6.07, 6.45) is 1.72. The van der Waals surface area contributed by atoms with Crippen LogP contribution in [0.3, 0.4) is 0 Å². The minimum absolute atomic E-state index is 0.269. The van der Waals surface area contributed by atoms with E-state index in [1.807, 2.05) is 38.1 Å². The minimum Gasteiger partial charge on any atom is -0.319 e. The Balaban J connectivity index is 2.36. The smallest absolute Gasteiger partial charge is 0.125 e. The number of halogens is 1. The maximum absolute atomic E-state index is 6.16. The Morgan fingerprint density at radius 2 is 2.00 bits per heavy atom. The third-order valence-corrected chi connectivity index (χ3v) is 3.08. The molecule has 1 aromatic heterocycles. The van der Waals surface area contributed by atoms with Crippen LogP contribution in [-0.2, 0) is 0 Å². The lowest BCUT2D eigenvalue weighted by Gasteiger charge is -2.12. The van der Waals surface area contributed by atoms with Crippen molar-refractivity contribution < 1.29 is 0 Å². The van der Waals surface area contributed by atoms with Crippen molar-refractivity contribution in [1.29, 1.82) is 0 Å². The molecule has 0 fully saturated rings. The predicted octanol–water partition coefficient (Wildman–Crippen LogP) is 2.79. The standard InChI is InChI=1S/C13H14ClN3/c1-8-3-4-10(7-11(8)14)13(15)12-5-6-16-9(2)17-12/h3-7,13H,15H2,1-2H3. The number of nitrogens with two attached hydrogens (primary N) is 1. The van der Waals surface area contributed by atoms with Gasteiger partial charge in [-0.25, -0.2) is 9.97 Å². The number of rotatable bonds is 2. The van der Waals surface area contributed by atoms with Crippen LogP contribution in [0.5, 0.6) is 0 Å². The summed E-state index contributed by atoms with van der Waals surface area (Å²) < 4.78 is 0. The second-order valence-electron chi connectivity index (χ2n) is 4.02. The molecule has 0 saturated carbocycles. The summed E-state index contributed by atoms with van der Waals surface area (Å²) >= 11 is 6.09. The van der Waals surface area contributed by atoms with E-state index in [4.69, 9.17) is 17.3 Å². The fourth-order valence-corrected chi connectivity index (χ4v) is 1.81. The zero-order valence-electron chi connectivity index (χ0n) is 9.81. The Morgan fingerprint density at radius 3 is 2.65 bits per heavy atom. The Kier molecular flexibility index (Phi) is 3.41. The second kappa shape index (κ2) is 4.82. The highest BCUT2D eigenvalue weighted by Gasteiger charge is 2.11. The normalized spacial score (nSPS) is 12.5. The maximum Gasteiger partial charge on any atom is 0.125 e. The van der Waals surface area contributed by atoms with E-state index >= 15 is 0 Å². The molecular formula is C13H14ClN3. The van der Waals surface area contributed by atoms with Gasteiger partial charge in [-0.2, -0.15) is 0 Å². The van der Waals surface area contributed by atoms with Crippen molar-refractivity contribution in [2.75, 3.05) is 0 Å². The van der Waals surface area contributed by atoms with E-state index in [-0.39, 0.29) is 6.04 Å². The van der Waals surface area contributed by atoms with Gasteiger partial charge < -0.3 is 5.73 Å². The zero-order chi connectivity index (χ0) is 12.4. The van der Waals surface area contributed by atoms with Crippen molar-refractivity contribution in [3.8, 4) is 0 Å². The number of hydrogen-bond donors (Lipinski definition) is 1. The topological polar surface area (TPSA) is 51.8 Å². The number of aromatic nitrogens is 2. The highest BCUT2D eigenvalue weighted by Crippen LogP contribution is 2.23. The lowest BCUT2D eigenvalue weighted by Crippen LogP contribution is -2.14. The van der Waals surface area contributed by atoms with Gasteiger partial charge in [-0.3, -0.25) is 0 Å². The summed E-state index contributed by atoms with van der Waals surface area (Å²) in [5.74, 6) is 0.719. The molecular weight excluding hydrogens is 234 g/mol. The van der Waals surface area contributed by atoms with Gasteiger partial charge in [0.2, 0.25) is 0 Å². The second-order valence-corrected chi connectivity index (χ2v) is 4.42. The van der Waals surface area contributed by atoms with Crippen LogP contribution < -0.4 is 5.73 Å².